The molecule has 6 heteroatoms. The molecule has 1 aromatic carbocycles. The maximum atomic E-state index is 14.0. The van der Waals surface area contributed by atoms with Crippen LogP contribution in [0.15, 0.2) is 66.9 Å². The van der Waals surface area contributed by atoms with Crippen LogP contribution in [-0.4, -0.2) is 58.4 Å². The van der Waals surface area contributed by atoms with Crippen molar-refractivity contribution in [3.63, 3.8) is 0 Å². The van der Waals surface area contributed by atoms with Gasteiger partial charge in [0.05, 0.1) is 0 Å². The van der Waals surface area contributed by atoms with E-state index >= 15 is 0 Å². The number of pyridine rings is 1. The Morgan fingerprint density at radius 2 is 1.77 bits per heavy atom. The zero-order valence-corrected chi connectivity index (χ0v) is 20.4. The number of benzene rings is 1. The monoisotopic (exact) mass is 472 g/mol. The summed E-state index contributed by atoms with van der Waals surface area (Å²) in [5.41, 5.74) is 1.10. The van der Waals surface area contributed by atoms with E-state index in [9.17, 15) is 9.59 Å². The fourth-order valence-corrected chi connectivity index (χ4v) is 6.07. The minimum atomic E-state index is -0.873. The van der Waals surface area contributed by atoms with Gasteiger partial charge in [-0.3, -0.25) is 14.7 Å². The topological polar surface area (TPSA) is 65.5 Å². The standard InChI is InChI=1S/C29H36N4O2/c34-27-29(21-23-9-3-1-4-10-23,31-28(35)33(27)20-16-26-13-7-8-17-30-26)25-14-18-32(19-15-25)22-24-11-5-2-6-12-24/h1-5,7-10,13,17,24-25H,6,11-12,14-16,18-22H2,(H,31,35)/t24-,29-/m0/s1. The van der Waals surface area contributed by atoms with E-state index in [0.29, 0.717) is 19.4 Å². The van der Waals surface area contributed by atoms with Gasteiger partial charge in [-0.1, -0.05) is 48.6 Å². The Morgan fingerprint density at radius 1 is 0.971 bits per heavy atom. The number of carbonyl (C=O) groups excluding carboxylic acids is 2. The highest BCUT2D eigenvalue weighted by Crippen LogP contribution is 2.37. The van der Waals surface area contributed by atoms with Crippen molar-refractivity contribution >= 4 is 11.9 Å². The lowest BCUT2D eigenvalue weighted by Gasteiger charge is -2.42. The first-order valence-electron chi connectivity index (χ1n) is 13.1. The molecule has 3 heterocycles. The third-order valence-electron chi connectivity index (χ3n) is 8.02. The van der Waals surface area contributed by atoms with Gasteiger partial charge in [-0.25, -0.2) is 4.79 Å². The molecule has 2 saturated heterocycles. The van der Waals surface area contributed by atoms with Crippen molar-refractivity contribution in [1.29, 1.82) is 0 Å². The van der Waals surface area contributed by atoms with Gasteiger partial charge in [-0.05, 0) is 74.7 Å². The van der Waals surface area contributed by atoms with E-state index in [0.717, 1.165) is 49.7 Å². The third-order valence-corrected chi connectivity index (χ3v) is 8.02. The molecule has 1 aliphatic carbocycles. The number of hydrogen-bond donors (Lipinski definition) is 1. The molecule has 2 aliphatic heterocycles. The number of piperidine rings is 1. The molecule has 3 aliphatic rings. The minimum Gasteiger partial charge on any atom is -0.322 e. The zero-order valence-electron chi connectivity index (χ0n) is 20.4. The van der Waals surface area contributed by atoms with Gasteiger partial charge in [0.15, 0.2) is 0 Å². The van der Waals surface area contributed by atoms with E-state index < -0.39 is 5.54 Å². The number of likely N-dealkylation sites (tertiary alicyclic amines) is 1. The Labute approximate surface area is 208 Å². The maximum absolute atomic E-state index is 14.0. The Balaban J connectivity index is 1.31. The van der Waals surface area contributed by atoms with Crippen molar-refractivity contribution in [2.45, 2.75) is 50.5 Å². The predicted octanol–water partition coefficient (Wildman–Crippen LogP) is 4.23. The summed E-state index contributed by atoms with van der Waals surface area (Å²) in [6, 6.07) is 15.6. The number of aromatic nitrogens is 1. The second-order valence-corrected chi connectivity index (χ2v) is 10.3. The van der Waals surface area contributed by atoms with Gasteiger partial charge in [-0.15, -0.1) is 0 Å². The molecule has 0 saturated carbocycles. The fourth-order valence-electron chi connectivity index (χ4n) is 6.07. The number of amides is 3. The first-order valence-corrected chi connectivity index (χ1v) is 13.1. The Bertz CT molecular complexity index is 1030. The van der Waals surface area contributed by atoms with Gasteiger partial charge in [0.25, 0.3) is 5.91 Å². The van der Waals surface area contributed by atoms with Crippen LogP contribution in [0.25, 0.3) is 0 Å². The average Bonchev–Trinajstić information content (AvgIpc) is 3.14. The summed E-state index contributed by atoms with van der Waals surface area (Å²) in [6.07, 6.45) is 13.0. The Hall–Kier alpha value is -2.99. The molecule has 2 aromatic rings. The molecular formula is C29H36N4O2. The quantitative estimate of drug-likeness (QED) is 0.461. The maximum Gasteiger partial charge on any atom is 0.325 e. The minimum absolute atomic E-state index is 0.0712. The molecule has 2 fully saturated rings. The number of rotatable bonds is 8. The van der Waals surface area contributed by atoms with Crippen molar-refractivity contribution in [1.82, 2.24) is 20.1 Å². The molecule has 0 unspecified atom stereocenters. The van der Waals surface area contributed by atoms with E-state index in [1.165, 1.54) is 24.2 Å². The van der Waals surface area contributed by atoms with Crippen molar-refractivity contribution in [2.75, 3.05) is 26.2 Å². The van der Waals surface area contributed by atoms with Crippen molar-refractivity contribution in [2.24, 2.45) is 11.8 Å². The number of nitrogens with one attached hydrogen (secondary N) is 1. The molecule has 184 valence electrons. The van der Waals surface area contributed by atoms with Gasteiger partial charge < -0.3 is 10.2 Å². The third kappa shape index (κ3) is 5.32. The van der Waals surface area contributed by atoms with Crippen LogP contribution in [0.4, 0.5) is 4.79 Å². The number of carbonyl (C=O) groups is 2. The fraction of sp³-hybridized carbons (Fsp3) is 0.483. The summed E-state index contributed by atoms with van der Waals surface area (Å²) >= 11 is 0. The Morgan fingerprint density at radius 3 is 2.49 bits per heavy atom. The molecule has 1 aromatic heterocycles. The van der Waals surface area contributed by atoms with Crippen LogP contribution in [0.2, 0.25) is 0 Å². The smallest absolute Gasteiger partial charge is 0.322 e. The SMILES string of the molecule is O=C1N[C@@](Cc2ccccc2)(C2CCN(C[C@H]3CC=CCC3)CC2)C(=O)N1CCc1ccccn1. The molecule has 35 heavy (non-hydrogen) atoms. The van der Waals surface area contributed by atoms with Crippen molar-refractivity contribution < 1.29 is 9.59 Å². The van der Waals surface area contributed by atoms with Crippen molar-refractivity contribution in [3.8, 4) is 0 Å². The van der Waals surface area contributed by atoms with E-state index in [4.69, 9.17) is 0 Å². The molecular weight excluding hydrogens is 436 g/mol. The molecule has 3 amide bonds. The van der Waals surface area contributed by atoms with E-state index in [1.807, 2.05) is 36.4 Å². The van der Waals surface area contributed by atoms with Crippen LogP contribution in [0, 0.1) is 11.8 Å². The molecule has 2 atom stereocenters. The number of allylic oxidation sites excluding steroid dienone is 2. The van der Waals surface area contributed by atoms with Gasteiger partial charge in [0.1, 0.15) is 5.54 Å². The van der Waals surface area contributed by atoms with Crippen LogP contribution in [-0.2, 0) is 17.6 Å². The second kappa shape index (κ2) is 10.7. The largest absolute Gasteiger partial charge is 0.325 e. The molecule has 0 spiro atoms. The summed E-state index contributed by atoms with van der Waals surface area (Å²) in [4.78, 5) is 35.5. The normalized spacial score (nSPS) is 25.7. The second-order valence-electron chi connectivity index (χ2n) is 10.3. The van der Waals surface area contributed by atoms with E-state index in [1.54, 1.807) is 6.20 Å². The number of nitrogens with zero attached hydrogens (tertiary/aromatic N) is 3. The average molecular weight is 473 g/mol. The first-order chi connectivity index (χ1) is 17.1. The summed E-state index contributed by atoms with van der Waals surface area (Å²) in [5, 5.41) is 3.21. The molecule has 6 nitrogen and oxygen atoms in total. The summed E-state index contributed by atoms with van der Waals surface area (Å²) in [7, 11) is 0. The Kier molecular flexibility index (Phi) is 7.28. The van der Waals surface area contributed by atoms with Gasteiger partial charge in [0, 0.05) is 37.8 Å². The number of hydrogen-bond acceptors (Lipinski definition) is 4. The van der Waals surface area contributed by atoms with Gasteiger partial charge in [-0.2, -0.15) is 0 Å². The lowest BCUT2D eigenvalue weighted by atomic mass is 9.73. The first kappa shape index (κ1) is 23.7. The summed E-state index contributed by atoms with van der Waals surface area (Å²) in [5.74, 6) is 0.796. The van der Waals surface area contributed by atoms with Crippen molar-refractivity contribution in [3.05, 3.63) is 78.1 Å². The summed E-state index contributed by atoms with van der Waals surface area (Å²) < 4.78 is 0. The van der Waals surface area contributed by atoms with E-state index in [-0.39, 0.29) is 17.9 Å². The molecule has 5 rings (SSSR count). The molecule has 0 radical (unpaired) electrons. The number of imide groups is 1. The van der Waals surface area contributed by atoms with E-state index in [2.05, 4.69) is 39.5 Å². The van der Waals surface area contributed by atoms with Crippen LogP contribution < -0.4 is 5.32 Å². The van der Waals surface area contributed by atoms with Crippen LogP contribution in [0.3, 0.4) is 0 Å². The highest BCUT2D eigenvalue weighted by Gasteiger charge is 2.55. The highest BCUT2D eigenvalue weighted by atomic mass is 16.2. The van der Waals surface area contributed by atoms with Gasteiger partial charge in [0.2, 0.25) is 0 Å². The van der Waals surface area contributed by atoms with Crippen LogP contribution in [0.5, 0.6) is 0 Å². The summed E-state index contributed by atoms with van der Waals surface area (Å²) in [6.45, 7) is 3.46. The predicted molar refractivity (Wildman–Crippen MR) is 137 cm³/mol. The highest BCUT2D eigenvalue weighted by molar-refractivity contribution is 6.07. The lowest BCUT2D eigenvalue weighted by Crippen LogP contribution is -2.57. The molecule has 0 bridgehead atoms. The van der Waals surface area contributed by atoms with Gasteiger partial charge >= 0.3 is 6.03 Å². The van der Waals surface area contributed by atoms with Crippen LogP contribution >= 0.6 is 0 Å². The number of urea groups is 1. The van der Waals surface area contributed by atoms with Crippen LogP contribution in [0.1, 0.15) is 43.4 Å². The molecule has 1 N–H and O–H groups in total. The zero-order chi connectivity index (χ0) is 24.1. The lowest BCUT2D eigenvalue weighted by molar-refractivity contribution is -0.134.